The Morgan fingerprint density at radius 2 is 0.417 bits per heavy atom. The smallest absolute Gasteiger partial charge is 0.238 e. The van der Waals surface area contributed by atoms with Crippen LogP contribution in [-0.2, 0) is 24.0 Å². The second kappa shape index (κ2) is 26.6. The van der Waals surface area contributed by atoms with Crippen LogP contribution in [0.1, 0.15) is 86.4 Å². The summed E-state index contributed by atoms with van der Waals surface area (Å²) in [7, 11) is 0. The van der Waals surface area contributed by atoms with Crippen molar-refractivity contribution in [2.24, 2.45) is 0 Å². The van der Waals surface area contributed by atoms with Crippen LogP contribution in [0, 0.1) is 0 Å². The van der Waals surface area contributed by atoms with Crippen molar-refractivity contribution in [2.75, 3.05) is 85.5 Å². The highest BCUT2D eigenvalue weighted by Crippen LogP contribution is 2.15. The summed E-state index contributed by atoms with van der Waals surface area (Å²) in [4.78, 5) is 132. The number of benzene rings is 5. The highest BCUT2D eigenvalue weighted by molar-refractivity contribution is 6.00. The fourth-order valence-electron chi connectivity index (χ4n) is 7.22. The van der Waals surface area contributed by atoms with Gasteiger partial charge >= 0.3 is 0 Å². The molecule has 0 aromatic heterocycles. The third kappa shape index (κ3) is 18.2. The van der Waals surface area contributed by atoms with Crippen LogP contribution in [0.4, 0.5) is 28.4 Å². The number of rotatable bonds is 26. The lowest BCUT2D eigenvalue weighted by molar-refractivity contribution is -0.121. The first-order chi connectivity index (χ1) is 34.3. The highest BCUT2D eigenvalue weighted by atomic mass is 16.2. The first-order valence-electron chi connectivity index (χ1n) is 23.0. The van der Waals surface area contributed by atoms with Gasteiger partial charge in [0.15, 0.2) is 28.9 Å². The Hall–Kier alpha value is -8.32. The minimum absolute atomic E-state index is 0.0570. The van der Waals surface area contributed by atoms with E-state index < -0.39 is 29.5 Å². The molecule has 0 aliphatic rings. The van der Waals surface area contributed by atoms with E-state index >= 15 is 0 Å². The Morgan fingerprint density at radius 1 is 0.264 bits per heavy atom. The monoisotopic (exact) mass is 978 g/mol. The lowest BCUT2D eigenvalue weighted by Crippen LogP contribution is -2.47. The van der Waals surface area contributed by atoms with Gasteiger partial charge in [-0.25, -0.2) is 0 Å². The fourth-order valence-corrected chi connectivity index (χ4v) is 7.22. The van der Waals surface area contributed by atoms with Crippen LogP contribution >= 0.6 is 0 Å². The molecule has 0 spiro atoms. The quantitative estimate of drug-likeness (QED) is 0.0394. The van der Waals surface area contributed by atoms with E-state index in [2.05, 4.69) is 26.6 Å². The Labute approximate surface area is 417 Å². The molecular weight excluding hydrogens is 921 g/mol. The molecule has 0 saturated heterocycles. The Bertz CT molecular complexity index is 2480. The van der Waals surface area contributed by atoms with Gasteiger partial charge in [-0.3, -0.25) is 62.6 Å². The molecule has 18 nitrogen and oxygen atoms in total. The fraction of sp³-hybridized carbons (Fsp3) is 0.259. The van der Waals surface area contributed by atoms with Crippen LogP contribution in [0.3, 0.4) is 0 Å². The number of ketones is 5. The van der Waals surface area contributed by atoms with Gasteiger partial charge in [-0.05, 0) is 156 Å². The molecule has 72 heavy (non-hydrogen) atoms. The van der Waals surface area contributed by atoms with E-state index in [4.69, 9.17) is 0 Å². The van der Waals surface area contributed by atoms with E-state index in [1.165, 1.54) is 34.6 Å². The van der Waals surface area contributed by atoms with E-state index in [0.29, 0.717) is 56.3 Å². The molecule has 5 N–H and O–H groups in total. The second-order valence-corrected chi connectivity index (χ2v) is 17.1. The number of nitrogens with one attached hydrogen (secondary N) is 5. The summed E-state index contributed by atoms with van der Waals surface area (Å²) < 4.78 is 0. The summed E-state index contributed by atoms with van der Waals surface area (Å²) >= 11 is 0. The SMILES string of the molecule is CC(=O)c1ccc(NC(=O)CN(CCN(CC(=O)Nc2ccc(C(C)=O)cc2)CC(=O)Nc2ccc(C(C)=O)cc2)CCN(CC(=O)Nc2ccc(C(C)=O)cc2)CC(=O)Nc2ccc(C(C)=O)cc2)cc1. The molecule has 374 valence electrons. The zero-order valence-corrected chi connectivity index (χ0v) is 40.8. The van der Waals surface area contributed by atoms with Gasteiger partial charge in [-0.15, -0.1) is 0 Å². The molecule has 5 aromatic carbocycles. The maximum Gasteiger partial charge on any atom is 0.238 e. The zero-order valence-electron chi connectivity index (χ0n) is 40.8. The zero-order chi connectivity index (χ0) is 52.3. The minimum Gasteiger partial charge on any atom is -0.325 e. The molecule has 0 unspecified atom stereocenters. The second-order valence-electron chi connectivity index (χ2n) is 17.1. The van der Waals surface area contributed by atoms with Gasteiger partial charge in [-0.1, -0.05) is 0 Å². The summed E-state index contributed by atoms with van der Waals surface area (Å²) in [6, 6.07) is 31.7. The summed E-state index contributed by atoms with van der Waals surface area (Å²) in [5.74, 6) is -3.06. The number of nitrogens with zero attached hydrogens (tertiary/aromatic N) is 3. The van der Waals surface area contributed by atoms with Gasteiger partial charge in [0.05, 0.1) is 32.7 Å². The number of Topliss-reactive ketones (excluding diaryl/α,β-unsaturated/α-hetero) is 5. The van der Waals surface area contributed by atoms with Crippen LogP contribution in [0.25, 0.3) is 0 Å². The van der Waals surface area contributed by atoms with Crippen molar-refractivity contribution in [1.29, 1.82) is 0 Å². The first kappa shape index (κ1) is 54.6. The minimum atomic E-state index is -0.474. The van der Waals surface area contributed by atoms with Gasteiger partial charge in [0.25, 0.3) is 0 Å². The third-order valence-electron chi connectivity index (χ3n) is 11.2. The Balaban J connectivity index is 1.38. The molecule has 5 rings (SSSR count). The predicted octanol–water partition coefficient (Wildman–Crippen LogP) is 6.10. The molecule has 5 aromatic rings. The molecule has 0 saturated carbocycles. The van der Waals surface area contributed by atoms with Crippen LogP contribution in [0.15, 0.2) is 121 Å². The molecule has 0 bridgehead atoms. The van der Waals surface area contributed by atoms with Gasteiger partial charge < -0.3 is 26.6 Å². The molecule has 0 fully saturated rings. The molecule has 0 radical (unpaired) electrons. The number of amides is 5. The van der Waals surface area contributed by atoms with Crippen LogP contribution in [0.5, 0.6) is 0 Å². The number of hydrogen-bond acceptors (Lipinski definition) is 13. The average molecular weight is 979 g/mol. The van der Waals surface area contributed by atoms with Crippen molar-refractivity contribution < 1.29 is 47.9 Å². The molecule has 0 aliphatic carbocycles. The van der Waals surface area contributed by atoms with Crippen molar-refractivity contribution in [3.8, 4) is 0 Å². The highest BCUT2D eigenvalue weighted by Gasteiger charge is 2.22. The van der Waals surface area contributed by atoms with Crippen molar-refractivity contribution in [3.05, 3.63) is 149 Å². The Morgan fingerprint density at radius 3 is 0.583 bits per heavy atom. The van der Waals surface area contributed by atoms with E-state index in [1.807, 2.05) is 0 Å². The van der Waals surface area contributed by atoms with E-state index in [0.717, 1.165) is 0 Å². The van der Waals surface area contributed by atoms with Crippen LogP contribution in [-0.4, -0.2) is 132 Å². The largest absolute Gasteiger partial charge is 0.325 e. The lowest BCUT2D eigenvalue weighted by Gasteiger charge is -2.29. The third-order valence-corrected chi connectivity index (χ3v) is 11.2. The summed E-state index contributed by atoms with van der Waals surface area (Å²) in [6.07, 6.45) is 0. The van der Waals surface area contributed by atoms with Crippen molar-refractivity contribution in [3.63, 3.8) is 0 Å². The topological polar surface area (TPSA) is 241 Å². The average Bonchev–Trinajstić information content (AvgIpc) is 3.32. The molecule has 0 heterocycles. The van der Waals surface area contributed by atoms with Crippen LogP contribution in [0.2, 0.25) is 0 Å². The maximum atomic E-state index is 13.7. The summed E-state index contributed by atoms with van der Waals surface area (Å²) in [5.41, 5.74) is 4.40. The predicted molar refractivity (Wildman–Crippen MR) is 275 cm³/mol. The first-order valence-corrected chi connectivity index (χ1v) is 23.0. The number of hydrogen-bond donors (Lipinski definition) is 5. The standard InChI is InChI=1S/C54H58N8O10/c1-35(63)40-6-16-45(17-7-40)55-50(68)30-60(26-28-61(31-51(69)56-46-18-8-41(9-19-46)36(2)64)32-52(70)57-47-20-10-42(11-21-47)37(3)65)27-29-62(33-53(71)58-48-22-12-43(13-23-48)38(4)66)34-54(72)59-49-24-14-44(15-25-49)39(5)67/h6-25H,26-34H2,1-5H3,(H,55,68)(H,56,69)(H,57,70)(H,58,71)(H,59,72). The number of carbonyl (C=O) groups excluding carboxylic acids is 10. The number of anilines is 5. The summed E-state index contributed by atoms with van der Waals surface area (Å²) in [6.45, 7) is 6.11. The molecule has 5 amide bonds. The van der Waals surface area contributed by atoms with E-state index in [1.54, 1.807) is 136 Å². The lowest BCUT2D eigenvalue weighted by atomic mass is 10.1. The number of carbonyl (C=O) groups is 10. The maximum absolute atomic E-state index is 13.7. The van der Waals surface area contributed by atoms with Crippen LogP contribution < -0.4 is 26.6 Å². The van der Waals surface area contributed by atoms with Crippen molar-refractivity contribution >= 4 is 86.9 Å². The van der Waals surface area contributed by atoms with Gasteiger partial charge in [0, 0.05) is 82.4 Å². The van der Waals surface area contributed by atoms with Crippen molar-refractivity contribution in [2.45, 2.75) is 34.6 Å². The van der Waals surface area contributed by atoms with Gasteiger partial charge in [-0.2, -0.15) is 0 Å². The molecule has 0 atom stereocenters. The van der Waals surface area contributed by atoms with Gasteiger partial charge in [0.2, 0.25) is 29.5 Å². The van der Waals surface area contributed by atoms with Crippen molar-refractivity contribution in [1.82, 2.24) is 14.7 Å². The van der Waals surface area contributed by atoms with E-state index in [9.17, 15) is 47.9 Å². The Kier molecular flexibility index (Phi) is 20.2. The normalized spacial score (nSPS) is 10.9. The molecule has 0 aliphatic heterocycles. The molecule has 18 heteroatoms. The summed E-state index contributed by atoms with van der Waals surface area (Å²) in [5, 5.41) is 14.0. The molecular formula is C54H58N8O10. The van der Waals surface area contributed by atoms with Gasteiger partial charge in [0.1, 0.15) is 0 Å². The van der Waals surface area contributed by atoms with E-state index in [-0.39, 0.29) is 87.8 Å².